The summed E-state index contributed by atoms with van der Waals surface area (Å²) in [6.45, 7) is 4.12. The Morgan fingerprint density at radius 1 is 1.04 bits per heavy atom. The summed E-state index contributed by atoms with van der Waals surface area (Å²) < 4.78 is 0. The van der Waals surface area contributed by atoms with Crippen LogP contribution in [0.1, 0.15) is 31.4 Å². The van der Waals surface area contributed by atoms with E-state index in [1.165, 1.54) is 11.8 Å². The molecule has 2 heterocycles. The summed E-state index contributed by atoms with van der Waals surface area (Å²) >= 11 is 1.53. The van der Waals surface area contributed by atoms with E-state index in [9.17, 15) is 4.79 Å². The van der Waals surface area contributed by atoms with E-state index in [4.69, 9.17) is 10.7 Å². The minimum Gasteiger partial charge on any atom is -0.400 e. The van der Waals surface area contributed by atoms with Crippen molar-refractivity contribution in [2.24, 2.45) is 22.6 Å². The topological polar surface area (TPSA) is 55.5 Å². The number of aliphatic imine (C=N–C) groups is 1. The van der Waals surface area contributed by atoms with Gasteiger partial charge in [-0.05, 0) is 28.7 Å². The van der Waals surface area contributed by atoms with Crippen molar-refractivity contribution in [3.8, 4) is 0 Å². The van der Waals surface area contributed by atoms with Crippen molar-refractivity contribution in [3.05, 3.63) is 88.5 Å². The van der Waals surface area contributed by atoms with E-state index in [-0.39, 0.29) is 17.1 Å². The fourth-order valence-corrected chi connectivity index (χ4v) is 5.05. The molecule has 0 amide bonds. The molecule has 2 aliphatic heterocycles. The number of carbonyl (C=O) groups excluding carboxylic acids is 1. The highest BCUT2D eigenvalue weighted by Gasteiger charge is 2.41. The van der Waals surface area contributed by atoms with Gasteiger partial charge >= 0.3 is 0 Å². The highest BCUT2D eigenvalue weighted by Crippen LogP contribution is 2.49. The molecule has 0 radical (unpaired) electrons. The Balaban J connectivity index is 1.78. The second-order valence-electron chi connectivity index (χ2n) is 7.64. The number of allylic oxidation sites excluding steroid dienone is 2. The van der Waals surface area contributed by atoms with Gasteiger partial charge in [-0.25, -0.2) is 0 Å². The van der Waals surface area contributed by atoms with Gasteiger partial charge in [0.15, 0.2) is 5.78 Å². The van der Waals surface area contributed by atoms with Crippen LogP contribution in [0.25, 0.3) is 5.57 Å². The van der Waals surface area contributed by atoms with Crippen LogP contribution in [-0.4, -0.2) is 16.9 Å². The highest BCUT2D eigenvalue weighted by molar-refractivity contribution is 8.04. The number of nitrogens with two attached hydrogens (primary N) is 1. The predicted molar refractivity (Wildman–Crippen MR) is 118 cm³/mol. The van der Waals surface area contributed by atoms with Gasteiger partial charge in [-0.15, -0.1) is 0 Å². The minimum atomic E-state index is -0.0958. The third-order valence-electron chi connectivity index (χ3n) is 5.04. The first-order valence-corrected chi connectivity index (χ1v) is 10.5. The molecule has 0 fully saturated rings. The van der Waals surface area contributed by atoms with Crippen LogP contribution in [-0.2, 0) is 4.79 Å². The number of rotatable bonds is 5. The van der Waals surface area contributed by atoms with Gasteiger partial charge in [0.05, 0.1) is 16.5 Å². The van der Waals surface area contributed by atoms with Gasteiger partial charge in [0, 0.05) is 12.1 Å². The minimum absolute atomic E-state index is 0.0639. The third-order valence-corrected chi connectivity index (χ3v) is 6.36. The average molecular weight is 389 g/mol. The zero-order valence-corrected chi connectivity index (χ0v) is 16.9. The number of Topliss-reactive ketones (excluding diaryl/α,β-unsaturated/α-hetero) is 1. The molecule has 0 saturated heterocycles. The van der Waals surface area contributed by atoms with Gasteiger partial charge in [-0.2, -0.15) is 0 Å². The van der Waals surface area contributed by atoms with Gasteiger partial charge in [0.25, 0.3) is 0 Å². The zero-order chi connectivity index (χ0) is 19.7. The fraction of sp³-hybridized carbons (Fsp3) is 0.250. The summed E-state index contributed by atoms with van der Waals surface area (Å²) in [6.07, 6.45) is 2.65. The molecule has 0 unspecified atom stereocenters. The molecule has 2 aromatic rings. The second-order valence-corrected chi connectivity index (χ2v) is 8.76. The van der Waals surface area contributed by atoms with Crippen LogP contribution in [0.5, 0.6) is 0 Å². The standard InChI is InChI=1S/C24H24N2OS/c1-15(2)13-20(27)23-22(25)21-18(16-9-5-3-6-10-16)14-19(26-24(21)28-23)17-11-7-4-8-12-17/h3-12,14-15,21,24H,13,25H2,1-2H3/t21-,24-/m0/s1. The number of fused-ring (bicyclic) bond motifs is 1. The van der Waals surface area contributed by atoms with Crippen molar-refractivity contribution in [2.75, 3.05) is 0 Å². The molecule has 4 rings (SSSR count). The van der Waals surface area contributed by atoms with E-state index >= 15 is 0 Å². The van der Waals surface area contributed by atoms with Gasteiger partial charge < -0.3 is 5.73 Å². The molecule has 0 aromatic heterocycles. The molecule has 2 N–H and O–H groups in total. The monoisotopic (exact) mass is 388 g/mol. The molecular formula is C24H24N2OS. The molecule has 142 valence electrons. The van der Waals surface area contributed by atoms with Gasteiger partial charge in [0.1, 0.15) is 5.37 Å². The van der Waals surface area contributed by atoms with Crippen molar-refractivity contribution in [1.82, 2.24) is 0 Å². The summed E-state index contributed by atoms with van der Waals surface area (Å²) in [5.74, 6) is 0.380. The largest absolute Gasteiger partial charge is 0.400 e. The number of thioether (sulfide) groups is 1. The second kappa shape index (κ2) is 7.80. The summed E-state index contributed by atoms with van der Waals surface area (Å²) in [5.41, 5.74) is 11.5. The third kappa shape index (κ3) is 3.57. The normalized spacial score (nSPS) is 21.4. The Morgan fingerprint density at radius 2 is 1.64 bits per heavy atom. The van der Waals surface area contributed by atoms with Crippen LogP contribution < -0.4 is 5.73 Å². The molecule has 0 aliphatic carbocycles. The average Bonchev–Trinajstić information content (AvgIpc) is 3.05. The Kier molecular flexibility index (Phi) is 5.23. The van der Waals surface area contributed by atoms with Crippen molar-refractivity contribution in [2.45, 2.75) is 25.6 Å². The molecule has 3 nitrogen and oxygen atoms in total. The van der Waals surface area contributed by atoms with E-state index in [0.29, 0.717) is 22.9 Å². The Hall–Kier alpha value is -2.59. The number of hydrogen-bond acceptors (Lipinski definition) is 4. The molecule has 0 spiro atoms. The van der Waals surface area contributed by atoms with Gasteiger partial charge in [-0.3, -0.25) is 9.79 Å². The smallest absolute Gasteiger partial charge is 0.171 e. The molecule has 4 heteroatoms. The Bertz CT molecular complexity index is 974. The van der Waals surface area contributed by atoms with Crippen LogP contribution >= 0.6 is 11.8 Å². The Labute approximate surface area is 170 Å². The van der Waals surface area contributed by atoms with Gasteiger partial charge in [-0.1, -0.05) is 86.3 Å². The van der Waals surface area contributed by atoms with E-state index < -0.39 is 0 Å². The maximum Gasteiger partial charge on any atom is 0.171 e. The predicted octanol–water partition coefficient (Wildman–Crippen LogP) is 5.05. The van der Waals surface area contributed by atoms with Crippen molar-refractivity contribution < 1.29 is 4.79 Å². The van der Waals surface area contributed by atoms with Crippen LogP contribution in [0, 0.1) is 11.8 Å². The molecular weight excluding hydrogens is 364 g/mol. The molecule has 2 aliphatic rings. The lowest BCUT2D eigenvalue weighted by Gasteiger charge is -2.26. The molecule has 28 heavy (non-hydrogen) atoms. The first-order chi connectivity index (χ1) is 13.5. The molecule has 0 saturated carbocycles. The van der Waals surface area contributed by atoms with E-state index in [2.05, 4.69) is 44.2 Å². The summed E-state index contributed by atoms with van der Waals surface area (Å²) in [5, 5.41) is -0.0958. The zero-order valence-electron chi connectivity index (χ0n) is 16.1. The van der Waals surface area contributed by atoms with E-state index in [1.807, 2.05) is 36.4 Å². The van der Waals surface area contributed by atoms with Gasteiger partial charge in [0.2, 0.25) is 0 Å². The number of benzene rings is 2. The van der Waals surface area contributed by atoms with E-state index in [0.717, 1.165) is 22.4 Å². The first kappa shape index (κ1) is 18.8. The van der Waals surface area contributed by atoms with Crippen LogP contribution in [0.2, 0.25) is 0 Å². The lowest BCUT2D eigenvalue weighted by atomic mass is 9.85. The summed E-state index contributed by atoms with van der Waals surface area (Å²) in [4.78, 5) is 18.5. The van der Waals surface area contributed by atoms with Crippen LogP contribution in [0.4, 0.5) is 0 Å². The quantitative estimate of drug-likeness (QED) is 0.780. The van der Waals surface area contributed by atoms with E-state index in [1.54, 1.807) is 0 Å². The number of hydrogen-bond donors (Lipinski definition) is 1. The Morgan fingerprint density at radius 3 is 2.25 bits per heavy atom. The maximum absolute atomic E-state index is 12.8. The number of nitrogens with zero attached hydrogens (tertiary/aromatic N) is 1. The van der Waals surface area contributed by atoms with Crippen LogP contribution in [0.3, 0.4) is 0 Å². The molecule has 2 atom stereocenters. The van der Waals surface area contributed by atoms with Crippen molar-refractivity contribution in [1.29, 1.82) is 0 Å². The SMILES string of the molecule is CC(C)CC(=O)C1=C(N)[C@@H]2C(c3ccccc3)=CC(c3ccccc3)=N[C@H]2S1. The summed E-state index contributed by atoms with van der Waals surface area (Å²) in [7, 11) is 0. The lowest BCUT2D eigenvalue weighted by Crippen LogP contribution is -2.25. The van der Waals surface area contributed by atoms with Crippen molar-refractivity contribution in [3.63, 3.8) is 0 Å². The fourth-order valence-electron chi connectivity index (χ4n) is 3.74. The number of dihydropyridines is 1. The highest BCUT2D eigenvalue weighted by atomic mass is 32.2. The molecule has 2 aromatic carbocycles. The van der Waals surface area contributed by atoms with Crippen molar-refractivity contribution >= 4 is 28.8 Å². The first-order valence-electron chi connectivity index (χ1n) is 9.64. The maximum atomic E-state index is 12.8. The van der Waals surface area contributed by atoms with Crippen LogP contribution in [0.15, 0.2) is 82.3 Å². The number of carbonyl (C=O) groups is 1. The summed E-state index contributed by atoms with van der Waals surface area (Å²) in [6, 6.07) is 20.5. The lowest BCUT2D eigenvalue weighted by molar-refractivity contribution is -0.115. The number of ketones is 1. The molecule has 0 bridgehead atoms.